The number of anilines is 4. The molecular weight excluding hydrogens is 515 g/mol. The van der Waals surface area contributed by atoms with E-state index in [0.717, 1.165) is 32.1 Å². The van der Waals surface area contributed by atoms with Crippen molar-refractivity contribution in [2.45, 2.75) is 32.9 Å². The van der Waals surface area contributed by atoms with Crippen molar-refractivity contribution >= 4 is 29.2 Å². The number of alkyl halides is 3. The minimum absolute atomic E-state index is 0.0935. The van der Waals surface area contributed by atoms with Crippen LogP contribution in [-0.2, 0) is 10.9 Å². The molecule has 0 aliphatic carbocycles. The number of carbonyl (C=O) groups excluding carboxylic acids is 1. The average molecular weight is 546 g/mol. The molecule has 1 fully saturated rings. The number of rotatable bonds is 9. The van der Waals surface area contributed by atoms with Crippen molar-refractivity contribution in [1.82, 2.24) is 24.9 Å². The van der Waals surface area contributed by atoms with Crippen LogP contribution < -0.4 is 20.9 Å². The lowest BCUT2D eigenvalue weighted by atomic mass is 10.1. The van der Waals surface area contributed by atoms with E-state index < -0.39 is 23.3 Å². The van der Waals surface area contributed by atoms with Crippen molar-refractivity contribution in [1.29, 1.82) is 0 Å². The van der Waals surface area contributed by atoms with E-state index in [1.807, 2.05) is 19.9 Å². The first-order valence-electron chi connectivity index (χ1n) is 12.6. The van der Waals surface area contributed by atoms with Gasteiger partial charge >= 0.3 is 6.18 Å². The van der Waals surface area contributed by atoms with Crippen molar-refractivity contribution in [3.05, 3.63) is 42.0 Å². The van der Waals surface area contributed by atoms with Crippen LogP contribution in [0.3, 0.4) is 0 Å². The van der Waals surface area contributed by atoms with Gasteiger partial charge in [-0.3, -0.25) is 4.79 Å². The van der Waals surface area contributed by atoms with Gasteiger partial charge < -0.3 is 25.6 Å². The van der Waals surface area contributed by atoms with Gasteiger partial charge in [-0.05, 0) is 25.0 Å². The SMILES string of the molecule is CCCN(CCC)c1cccnc1NC(=O)c1nc(-c2nc(N3CCOCC3)ncc2C(F)(F)F)cnc1N. The second-order valence-corrected chi connectivity index (χ2v) is 8.83. The van der Waals surface area contributed by atoms with Crippen molar-refractivity contribution in [2.24, 2.45) is 0 Å². The summed E-state index contributed by atoms with van der Waals surface area (Å²) < 4.78 is 47.0. The van der Waals surface area contributed by atoms with Gasteiger partial charge in [0.2, 0.25) is 5.95 Å². The van der Waals surface area contributed by atoms with Crippen LogP contribution in [0.15, 0.2) is 30.7 Å². The molecule has 1 saturated heterocycles. The van der Waals surface area contributed by atoms with Gasteiger partial charge in [0.1, 0.15) is 17.0 Å². The van der Waals surface area contributed by atoms with Crippen LogP contribution in [0.2, 0.25) is 0 Å². The number of nitrogens with two attached hydrogens (primary N) is 1. The summed E-state index contributed by atoms with van der Waals surface area (Å²) in [5.41, 5.74) is 4.43. The number of hydrogen-bond acceptors (Lipinski definition) is 10. The number of halogens is 3. The highest BCUT2D eigenvalue weighted by molar-refractivity contribution is 6.06. The first-order chi connectivity index (χ1) is 18.7. The van der Waals surface area contributed by atoms with Crippen LogP contribution in [0.4, 0.5) is 36.4 Å². The molecular formula is C25H30F3N9O2. The van der Waals surface area contributed by atoms with E-state index in [1.165, 1.54) is 6.20 Å². The Bertz CT molecular complexity index is 1290. The molecule has 4 heterocycles. The van der Waals surface area contributed by atoms with Gasteiger partial charge in [0.15, 0.2) is 17.3 Å². The van der Waals surface area contributed by atoms with E-state index >= 15 is 0 Å². The third kappa shape index (κ3) is 6.50. The summed E-state index contributed by atoms with van der Waals surface area (Å²) in [5.74, 6) is -0.630. The Hall–Kier alpha value is -4.07. The summed E-state index contributed by atoms with van der Waals surface area (Å²) in [6, 6.07) is 3.60. The van der Waals surface area contributed by atoms with E-state index in [4.69, 9.17) is 10.5 Å². The summed E-state index contributed by atoms with van der Waals surface area (Å²) in [7, 11) is 0. The number of ether oxygens (including phenoxy) is 1. The molecule has 3 aromatic heterocycles. The maximum absolute atomic E-state index is 13.9. The van der Waals surface area contributed by atoms with E-state index in [2.05, 4.69) is 35.1 Å². The molecule has 4 rings (SSSR count). The largest absolute Gasteiger partial charge is 0.420 e. The number of aromatic nitrogens is 5. The lowest BCUT2D eigenvalue weighted by Crippen LogP contribution is -2.37. The Balaban J connectivity index is 1.70. The minimum atomic E-state index is -4.77. The van der Waals surface area contributed by atoms with Crippen LogP contribution in [0.5, 0.6) is 0 Å². The number of amides is 1. The van der Waals surface area contributed by atoms with E-state index in [1.54, 1.807) is 11.0 Å². The third-order valence-electron chi connectivity index (χ3n) is 5.98. The second-order valence-electron chi connectivity index (χ2n) is 8.83. The molecule has 0 bridgehead atoms. The molecule has 3 N–H and O–H groups in total. The van der Waals surface area contributed by atoms with Crippen LogP contribution in [0, 0.1) is 0 Å². The number of morpholine rings is 1. The van der Waals surface area contributed by atoms with Crippen molar-refractivity contribution in [3.63, 3.8) is 0 Å². The van der Waals surface area contributed by atoms with E-state index in [0.29, 0.717) is 38.2 Å². The predicted octanol–water partition coefficient (Wildman–Crippen LogP) is 3.64. The standard InChI is InChI=1S/C25H30F3N9O2/c1-3-8-36(9-4-2)18-6-5-7-30-22(18)35-23(38)20-21(29)31-15-17(33-20)19-16(25(26,27)28)14-32-24(34-19)37-10-12-39-13-11-37/h5-7,14-15H,3-4,8-13H2,1-2H3,(H2,29,31)(H,30,35,38). The molecule has 3 aromatic rings. The highest BCUT2D eigenvalue weighted by Crippen LogP contribution is 2.36. The number of hydrogen-bond donors (Lipinski definition) is 2. The molecule has 39 heavy (non-hydrogen) atoms. The molecule has 208 valence electrons. The Morgan fingerprint density at radius 2 is 1.82 bits per heavy atom. The lowest BCUT2D eigenvalue weighted by molar-refractivity contribution is -0.137. The molecule has 14 heteroatoms. The van der Waals surface area contributed by atoms with Crippen molar-refractivity contribution in [2.75, 3.05) is 60.2 Å². The normalized spacial score (nSPS) is 13.8. The second kappa shape index (κ2) is 12.2. The summed E-state index contributed by atoms with van der Waals surface area (Å²) in [6.45, 7) is 7.23. The van der Waals surface area contributed by atoms with Gasteiger partial charge in [-0.25, -0.2) is 24.9 Å². The molecule has 0 spiro atoms. The Morgan fingerprint density at radius 1 is 1.10 bits per heavy atom. The van der Waals surface area contributed by atoms with Gasteiger partial charge in [0.05, 0.1) is 25.1 Å². The smallest absolute Gasteiger partial charge is 0.382 e. The fourth-order valence-corrected chi connectivity index (χ4v) is 4.18. The molecule has 1 amide bonds. The van der Waals surface area contributed by atoms with Gasteiger partial charge in [0, 0.05) is 38.6 Å². The summed E-state index contributed by atoms with van der Waals surface area (Å²) in [6.07, 6.45) is 0.301. The zero-order valence-corrected chi connectivity index (χ0v) is 21.7. The van der Waals surface area contributed by atoms with E-state index in [9.17, 15) is 18.0 Å². The topological polar surface area (TPSA) is 135 Å². The highest BCUT2D eigenvalue weighted by atomic mass is 19.4. The Labute approximate surface area is 223 Å². The monoisotopic (exact) mass is 545 g/mol. The highest BCUT2D eigenvalue weighted by Gasteiger charge is 2.37. The number of carbonyl (C=O) groups is 1. The summed E-state index contributed by atoms with van der Waals surface area (Å²) >= 11 is 0. The number of pyridine rings is 1. The maximum Gasteiger partial charge on any atom is 0.420 e. The Kier molecular flexibility index (Phi) is 8.74. The molecule has 0 atom stereocenters. The fourth-order valence-electron chi connectivity index (χ4n) is 4.18. The predicted molar refractivity (Wildman–Crippen MR) is 140 cm³/mol. The van der Waals surface area contributed by atoms with Crippen molar-refractivity contribution < 1.29 is 22.7 Å². The van der Waals surface area contributed by atoms with Gasteiger partial charge in [-0.2, -0.15) is 13.2 Å². The molecule has 0 aromatic carbocycles. The van der Waals surface area contributed by atoms with E-state index in [-0.39, 0.29) is 29.0 Å². The molecule has 1 aliphatic heterocycles. The zero-order valence-electron chi connectivity index (χ0n) is 21.7. The Morgan fingerprint density at radius 3 is 2.49 bits per heavy atom. The van der Waals surface area contributed by atoms with Crippen LogP contribution >= 0.6 is 0 Å². The minimum Gasteiger partial charge on any atom is -0.382 e. The number of nitrogens with zero attached hydrogens (tertiary/aromatic N) is 7. The lowest BCUT2D eigenvalue weighted by Gasteiger charge is -2.27. The molecule has 11 nitrogen and oxygen atoms in total. The summed E-state index contributed by atoms with van der Waals surface area (Å²) in [5, 5.41) is 2.70. The van der Waals surface area contributed by atoms with Gasteiger partial charge in [-0.1, -0.05) is 13.8 Å². The van der Waals surface area contributed by atoms with Crippen LogP contribution in [0.1, 0.15) is 42.7 Å². The van der Waals surface area contributed by atoms with Crippen molar-refractivity contribution in [3.8, 4) is 11.4 Å². The fraction of sp³-hybridized carbons (Fsp3) is 0.440. The van der Waals surface area contributed by atoms with Crippen LogP contribution in [-0.4, -0.2) is 70.2 Å². The molecule has 1 aliphatic rings. The van der Waals surface area contributed by atoms with Gasteiger partial charge in [0.25, 0.3) is 5.91 Å². The third-order valence-corrected chi connectivity index (χ3v) is 5.98. The zero-order chi connectivity index (χ0) is 28.0. The molecule has 0 unspecified atom stereocenters. The first kappa shape index (κ1) is 28.0. The number of nitrogen functional groups attached to an aromatic ring is 1. The molecule has 0 radical (unpaired) electrons. The maximum atomic E-state index is 13.9. The number of nitrogens with one attached hydrogen (secondary N) is 1. The quantitative estimate of drug-likeness (QED) is 0.410. The van der Waals surface area contributed by atoms with Crippen LogP contribution in [0.25, 0.3) is 11.4 Å². The first-order valence-corrected chi connectivity index (χ1v) is 12.6. The van der Waals surface area contributed by atoms with Gasteiger partial charge in [-0.15, -0.1) is 0 Å². The summed E-state index contributed by atoms with van der Waals surface area (Å²) in [4.78, 5) is 37.6. The molecule has 0 saturated carbocycles. The average Bonchev–Trinajstić information content (AvgIpc) is 2.93.